The summed E-state index contributed by atoms with van der Waals surface area (Å²) in [6.45, 7) is 2.09. The lowest BCUT2D eigenvalue weighted by molar-refractivity contribution is -0.126. The van der Waals surface area contributed by atoms with Crippen molar-refractivity contribution in [3.05, 3.63) is 59.7 Å². The fourth-order valence-corrected chi connectivity index (χ4v) is 3.68. The summed E-state index contributed by atoms with van der Waals surface area (Å²) in [6, 6.07) is 15.2. The molecule has 146 valence electrons. The van der Waals surface area contributed by atoms with Crippen molar-refractivity contribution in [3.63, 3.8) is 0 Å². The van der Waals surface area contributed by atoms with E-state index in [0.29, 0.717) is 38.0 Å². The number of likely N-dealkylation sites (tertiary alicyclic amines) is 1. The number of carbonyl (C=O) groups excluding carboxylic acids is 2. The van der Waals surface area contributed by atoms with Gasteiger partial charge in [-0.3, -0.25) is 9.59 Å². The summed E-state index contributed by atoms with van der Waals surface area (Å²) in [5.41, 5.74) is 1.81. The predicted octanol–water partition coefficient (Wildman–Crippen LogP) is 2.63. The monoisotopic (exact) mass is 380 g/mol. The van der Waals surface area contributed by atoms with E-state index in [4.69, 9.17) is 9.47 Å². The van der Waals surface area contributed by atoms with Crippen LogP contribution in [0.3, 0.4) is 0 Å². The fraction of sp³-hybridized carbons (Fsp3) is 0.364. The molecule has 0 unspecified atom stereocenters. The molecule has 0 atom stereocenters. The first-order valence-electron chi connectivity index (χ1n) is 9.71. The highest BCUT2D eigenvalue weighted by Crippen LogP contribution is 2.32. The lowest BCUT2D eigenvalue weighted by Crippen LogP contribution is -2.43. The Hall–Kier alpha value is -3.02. The highest BCUT2D eigenvalue weighted by atomic mass is 16.7. The van der Waals surface area contributed by atoms with Crippen LogP contribution in [0.15, 0.2) is 48.5 Å². The molecule has 6 nitrogen and oxygen atoms in total. The van der Waals surface area contributed by atoms with Gasteiger partial charge < -0.3 is 19.7 Å². The van der Waals surface area contributed by atoms with Crippen LogP contribution in [0.1, 0.15) is 28.8 Å². The average Bonchev–Trinajstić information content (AvgIpc) is 3.22. The third-order valence-electron chi connectivity index (χ3n) is 5.32. The SMILES string of the molecule is O=C(NCCc1ccc2c(c1)OCO2)C1CCN(C(=O)c2ccccc2)CC1. The van der Waals surface area contributed by atoms with Crippen molar-refractivity contribution in [2.75, 3.05) is 26.4 Å². The van der Waals surface area contributed by atoms with Crippen molar-refractivity contribution in [1.29, 1.82) is 0 Å². The molecule has 0 saturated carbocycles. The van der Waals surface area contributed by atoms with Crippen molar-refractivity contribution >= 4 is 11.8 Å². The highest BCUT2D eigenvalue weighted by Gasteiger charge is 2.27. The van der Waals surface area contributed by atoms with E-state index >= 15 is 0 Å². The van der Waals surface area contributed by atoms with Crippen molar-refractivity contribution < 1.29 is 19.1 Å². The average molecular weight is 380 g/mol. The largest absolute Gasteiger partial charge is 0.454 e. The van der Waals surface area contributed by atoms with Gasteiger partial charge in [-0.25, -0.2) is 0 Å². The number of carbonyl (C=O) groups is 2. The summed E-state index contributed by atoms with van der Waals surface area (Å²) >= 11 is 0. The number of fused-ring (bicyclic) bond motifs is 1. The number of amides is 2. The number of piperidine rings is 1. The first-order valence-corrected chi connectivity index (χ1v) is 9.71. The van der Waals surface area contributed by atoms with E-state index in [-0.39, 0.29) is 24.5 Å². The van der Waals surface area contributed by atoms with Gasteiger partial charge in [0.25, 0.3) is 5.91 Å². The Balaban J connectivity index is 1.21. The molecule has 2 aliphatic rings. The second kappa shape index (κ2) is 8.33. The van der Waals surface area contributed by atoms with Crippen molar-refractivity contribution in [2.24, 2.45) is 5.92 Å². The normalized spacial score (nSPS) is 16.1. The van der Waals surface area contributed by atoms with E-state index in [1.807, 2.05) is 53.4 Å². The van der Waals surface area contributed by atoms with Gasteiger partial charge in [0.2, 0.25) is 12.7 Å². The molecule has 1 saturated heterocycles. The molecule has 1 fully saturated rings. The van der Waals surface area contributed by atoms with Crippen LogP contribution in [0.25, 0.3) is 0 Å². The molecule has 2 heterocycles. The van der Waals surface area contributed by atoms with Crippen molar-refractivity contribution in [2.45, 2.75) is 19.3 Å². The molecular weight excluding hydrogens is 356 g/mol. The van der Waals surface area contributed by atoms with Crippen LogP contribution < -0.4 is 14.8 Å². The first-order chi connectivity index (χ1) is 13.7. The molecule has 0 radical (unpaired) electrons. The second-order valence-electron chi connectivity index (χ2n) is 7.16. The van der Waals surface area contributed by atoms with Gasteiger partial charge in [0.1, 0.15) is 0 Å². The minimum atomic E-state index is -0.0309. The van der Waals surface area contributed by atoms with E-state index in [0.717, 1.165) is 23.5 Å². The molecule has 2 aromatic carbocycles. The second-order valence-corrected chi connectivity index (χ2v) is 7.16. The number of hydrogen-bond donors (Lipinski definition) is 1. The lowest BCUT2D eigenvalue weighted by Gasteiger charge is -2.31. The molecule has 2 amide bonds. The number of benzene rings is 2. The minimum Gasteiger partial charge on any atom is -0.454 e. The maximum atomic E-state index is 12.5. The Morgan fingerprint density at radius 2 is 1.75 bits per heavy atom. The van der Waals surface area contributed by atoms with Crippen LogP contribution in [0.5, 0.6) is 11.5 Å². The molecule has 0 bridgehead atoms. The predicted molar refractivity (Wildman–Crippen MR) is 104 cm³/mol. The fourth-order valence-electron chi connectivity index (χ4n) is 3.68. The van der Waals surface area contributed by atoms with Crippen LogP contribution in [0.2, 0.25) is 0 Å². The molecule has 0 aromatic heterocycles. The van der Waals surface area contributed by atoms with Crippen LogP contribution in [-0.4, -0.2) is 43.1 Å². The van der Waals surface area contributed by atoms with Gasteiger partial charge in [-0.2, -0.15) is 0 Å². The molecule has 0 aliphatic carbocycles. The Bertz CT molecular complexity index is 845. The van der Waals surface area contributed by atoms with Crippen LogP contribution in [0, 0.1) is 5.92 Å². The summed E-state index contributed by atoms with van der Waals surface area (Å²) in [6.07, 6.45) is 2.15. The zero-order valence-corrected chi connectivity index (χ0v) is 15.7. The molecule has 28 heavy (non-hydrogen) atoms. The van der Waals surface area contributed by atoms with Gasteiger partial charge in [-0.1, -0.05) is 24.3 Å². The van der Waals surface area contributed by atoms with Gasteiger partial charge in [-0.05, 0) is 49.1 Å². The third kappa shape index (κ3) is 4.11. The van der Waals surface area contributed by atoms with Gasteiger partial charge in [0, 0.05) is 31.1 Å². The van der Waals surface area contributed by atoms with Crippen molar-refractivity contribution in [1.82, 2.24) is 10.2 Å². The number of ether oxygens (including phenoxy) is 2. The smallest absolute Gasteiger partial charge is 0.253 e. The number of nitrogens with one attached hydrogen (secondary N) is 1. The molecule has 1 N–H and O–H groups in total. The summed E-state index contributed by atoms with van der Waals surface area (Å²) in [7, 11) is 0. The maximum absolute atomic E-state index is 12.5. The molecule has 6 heteroatoms. The van der Waals surface area contributed by atoms with E-state index in [1.54, 1.807) is 0 Å². The summed E-state index contributed by atoms with van der Waals surface area (Å²) in [4.78, 5) is 26.8. The van der Waals surface area contributed by atoms with E-state index in [2.05, 4.69) is 5.32 Å². The zero-order valence-electron chi connectivity index (χ0n) is 15.7. The third-order valence-corrected chi connectivity index (χ3v) is 5.32. The quantitative estimate of drug-likeness (QED) is 0.866. The van der Waals surface area contributed by atoms with Gasteiger partial charge in [0.05, 0.1) is 0 Å². The van der Waals surface area contributed by atoms with Crippen LogP contribution in [-0.2, 0) is 11.2 Å². The topological polar surface area (TPSA) is 67.9 Å². The lowest BCUT2D eigenvalue weighted by atomic mass is 9.95. The van der Waals surface area contributed by atoms with E-state index in [1.165, 1.54) is 0 Å². The summed E-state index contributed by atoms with van der Waals surface area (Å²) in [5, 5.41) is 3.03. The minimum absolute atomic E-state index is 0.0309. The van der Waals surface area contributed by atoms with E-state index in [9.17, 15) is 9.59 Å². The van der Waals surface area contributed by atoms with Crippen molar-refractivity contribution in [3.8, 4) is 11.5 Å². The molecule has 2 aliphatic heterocycles. The Morgan fingerprint density at radius 1 is 1.00 bits per heavy atom. The molecule has 2 aromatic rings. The van der Waals surface area contributed by atoms with Gasteiger partial charge >= 0.3 is 0 Å². The van der Waals surface area contributed by atoms with E-state index < -0.39 is 0 Å². The number of hydrogen-bond acceptors (Lipinski definition) is 4. The summed E-state index contributed by atoms with van der Waals surface area (Å²) in [5.74, 6) is 1.62. The zero-order chi connectivity index (χ0) is 19.3. The Labute approximate surface area is 164 Å². The van der Waals surface area contributed by atoms with Crippen LogP contribution in [0.4, 0.5) is 0 Å². The van der Waals surface area contributed by atoms with Crippen LogP contribution >= 0.6 is 0 Å². The van der Waals surface area contributed by atoms with Gasteiger partial charge in [0.15, 0.2) is 11.5 Å². The summed E-state index contributed by atoms with van der Waals surface area (Å²) < 4.78 is 10.7. The standard InChI is InChI=1S/C22H24N2O4/c25-21(23-11-8-16-6-7-19-20(14-16)28-15-27-19)17-9-12-24(13-10-17)22(26)18-4-2-1-3-5-18/h1-7,14,17H,8-13,15H2,(H,23,25). The molecule has 0 spiro atoms. The highest BCUT2D eigenvalue weighted by molar-refractivity contribution is 5.94. The maximum Gasteiger partial charge on any atom is 0.253 e. The Kier molecular flexibility index (Phi) is 5.46. The molecular formula is C22H24N2O4. The Morgan fingerprint density at radius 3 is 2.54 bits per heavy atom. The van der Waals surface area contributed by atoms with Gasteiger partial charge in [-0.15, -0.1) is 0 Å². The molecule has 4 rings (SSSR count). The number of rotatable bonds is 5. The number of nitrogens with zero attached hydrogens (tertiary/aromatic N) is 1. The first kappa shape index (κ1) is 18.3.